The summed E-state index contributed by atoms with van der Waals surface area (Å²) in [5.74, 6) is 0. The Labute approximate surface area is 106 Å². The molecule has 0 heterocycles. The zero-order valence-corrected chi connectivity index (χ0v) is 11.2. The molecule has 0 bridgehead atoms. The number of benzene rings is 1. The van der Waals surface area contributed by atoms with Gasteiger partial charge in [0, 0.05) is 17.1 Å². The van der Waals surface area contributed by atoms with Crippen LogP contribution in [0.15, 0.2) is 41.4 Å². The summed E-state index contributed by atoms with van der Waals surface area (Å²) in [6.07, 6.45) is 0. The van der Waals surface area contributed by atoms with Crippen LogP contribution in [0.5, 0.6) is 0 Å². The molecule has 1 aromatic rings. The second-order valence-electron chi connectivity index (χ2n) is 3.80. The van der Waals surface area contributed by atoms with Gasteiger partial charge in [0.1, 0.15) is 0 Å². The van der Waals surface area contributed by atoms with Gasteiger partial charge in [0.05, 0.1) is 13.2 Å². The minimum absolute atomic E-state index is 0.331. The molecule has 1 atom stereocenters. The number of halogens is 1. The highest BCUT2D eigenvalue weighted by molar-refractivity contribution is 9.11. The van der Waals surface area contributed by atoms with Crippen LogP contribution in [0.3, 0.4) is 0 Å². The molecule has 0 fully saturated rings. The molecular formula is C13H18BrNO. The van der Waals surface area contributed by atoms with Gasteiger partial charge in [-0.1, -0.05) is 52.8 Å². The van der Waals surface area contributed by atoms with Gasteiger partial charge >= 0.3 is 0 Å². The Morgan fingerprint density at radius 2 is 2.12 bits per heavy atom. The van der Waals surface area contributed by atoms with E-state index in [0.717, 1.165) is 11.0 Å². The van der Waals surface area contributed by atoms with Crippen LogP contribution in [-0.2, 0) is 11.3 Å². The van der Waals surface area contributed by atoms with E-state index in [0.29, 0.717) is 19.3 Å². The second kappa shape index (κ2) is 7.60. The van der Waals surface area contributed by atoms with E-state index in [4.69, 9.17) is 4.74 Å². The van der Waals surface area contributed by atoms with E-state index in [9.17, 15) is 0 Å². The molecule has 0 aliphatic rings. The smallest absolute Gasteiger partial charge is 0.0717 e. The number of hydrogen-bond donors (Lipinski definition) is 1. The molecule has 0 amide bonds. The number of ether oxygens (including phenoxy) is 1. The highest BCUT2D eigenvalue weighted by Crippen LogP contribution is 2.01. The van der Waals surface area contributed by atoms with Gasteiger partial charge in [-0.15, -0.1) is 0 Å². The first kappa shape index (κ1) is 13.4. The Kier molecular flexibility index (Phi) is 6.38. The molecular weight excluding hydrogens is 266 g/mol. The van der Waals surface area contributed by atoms with E-state index in [2.05, 4.69) is 46.9 Å². The molecule has 3 heteroatoms. The maximum Gasteiger partial charge on any atom is 0.0717 e. The van der Waals surface area contributed by atoms with E-state index in [1.54, 1.807) is 0 Å². The summed E-state index contributed by atoms with van der Waals surface area (Å²) in [4.78, 5) is 0. The van der Waals surface area contributed by atoms with Gasteiger partial charge in [0.2, 0.25) is 0 Å². The van der Waals surface area contributed by atoms with E-state index < -0.39 is 0 Å². The summed E-state index contributed by atoms with van der Waals surface area (Å²) in [6.45, 7) is 8.01. The van der Waals surface area contributed by atoms with E-state index in [1.165, 1.54) is 5.56 Å². The molecule has 1 rings (SSSR count). The Morgan fingerprint density at radius 1 is 1.44 bits per heavy atom. The Morgan fingerprint density at radius 3 is 2.75 bits per heavy atom. The van der Waals surface area contributed by atoms with Gasteiger partial charge in [0.25, 0.3) is 0 Å². The fraction of sp³-hybridized carbons (Fsp3) is 0.385. The summed E-state index contributed by atoms with van der Waals surface area (Å²) in [7, 11) is 0. The highest BCUT2D eigenvalue weighted by Gasteiger charge is 2.01. The third-order valence-corrected chi connectivity index (χ3v) is 2.40. The molecule has 16 heavy (non-hydrogen) atoms. The minimum atomic E-state index is 0.331. The van der Waals surface area contributed by atoms with E-state index >= 15 is 0 Å². The summed E-state index contributed by atoms with van der Waals surface area (Å²) >= 11 is 3.31. The highest BCUT2D eigenvalue weighted by atomic mass is 79.9. The molecule has 1 aromatic carbocycles. The molecule has 0 aliphatic carbocycles. The van der Waals surface area contributed by atoms with Gasteiger partial charge in [0.15, 0.2) is 0 Å². The average Bonchev–Trinajstić information content (AvgIpc) is 2.28. The summed E-state index contributed by atoms with van der Waals surface area (Å²) in [5, 5.41) is 3.30. The molecule has 1 N–H and O–H groups in total. The first-order valence-electron chi connectivity index (χ1n) is 5.37. The molecule has 88 valence electrons. The molecule has 0 aromatic heterocycles. The van der Waals surface area contributed by atoms with Crippen LogP contribution in [0, 0.1) is 0 Å². The zero-order valence-electron chi connectivity index (χ0n) is 9.58. The number of nitrogens with one attached hydrogen (secondary N) is 1. The Hall–Kier alpha value is -0.640. The van der Waals surface area contributed by atoms with Crippen molar-refractivity contribution in [3.8, 4) is 0 Å². The predicted molar refractivity (Wildman–Crippen MR) is 71.6 cm³/mol. The van der Waals surface area contributed by atoms with Crippen molar-refractivity contribution in [3.63, 3.8) is 0 Å². The molecule has 0 unspecified atom stereocenters. The van der Waals surface area contributed by atoms with E-state index in [1.807, 2.05) is 18.2 Å². The van der Waals surface area contributed by atoms with Gasteiger partial charge < -0.3 is 10.1 Å². The Balaban J connectivity index is 2.13. The fourth-order valence-corrected chi connectivity index (χ4v) is 1.43. The molecule has 0 saturated carbocycles. The normalized spacial score (nSPS) is 12.4. The lowest BCUT2D eigenvalue weighted by molar-refractivity contribution is 0.104. The van der Waals surface area contributed by atoms with Crippen LogP contribution in [0.25, 0.3) is 0 Å². The van der Waals surface area contributed by atoms with Crippen molar-refractivity contribution in [2.45, 2.75) is 19.6 Å². The van der Waals surface area contributed by atoms with Gasteiger partial charge in [-0.05, 0) is 12.5 Å². The third-order valence-electron chi connectivity index (χ3n) is 2.12. The summed E-state index contributed by atoms with van der Waals surface area (Å²) in [6, 6.07) is 10.5. The van der Waals surface area contributed by atoms with Crippen molar-refractivity contribution in [3.05, 3.63) is 47.0 Å². The van der Waals surface area contributed by atoms with Crippen LogP contribution in [0.2, 0.25) is 0 Å². The monoisotopic (exact) mass is 283 g/mol. The lowest BCUT2D eigenvalue weighted by atomic mass is 10.2. The topological polar surface area (TPSA) is 21.3 Å². The van der Waals surface area contributed by atoms with Crippen LogP contribution in [0.1, 0.15) is 12.5 Å². The van der Waals surface area contributed by atoms with Crippen LogP contribution >= 0.6 is 15.9 Å². The van der Waals surface area contributed by atoms with Crippen molar-refractivity contribution >= 4 is 15.9 Å². The maximum atomic E-state index is 5.61. The average molecular weight is 284 g/mol. The van der Waals surface area contributed by atoms with Gasteiger partial charge in [-0.3, -0.25) is 0 Å². The molecule has 0 aliphatic heterocycles. The van der Waals surface area contributed by atoms with Crippen molar-refractivity contribution in [2.24, 2.45) is 0 Å². The standard InChI is InChI=1S/C13H18BrNO/c1-11(14)8-15-12(2)9-16-10-13-6-4-3-5-7-13/h3-7,12,15H,1,8-10H2,2H3/t12-/m1/s1. The van der Waals surface area contributed by atoms with E-state index in [-0.39, 0.29) is 0 Å². The zero-order chi connectivity index (χ0) is 11.8. The minimum Gasteiger partial charge on any atom is -0.375 e. The quantitative estimate of drug-likeness (QED) is 0.830. The van der Waals surface area contributed by atoms with Gasteiger partial charge in [-0.25, -0.2) is 0 Å². The first-order valence-corrected chi connectivity index (χ1v) is 6.16. The summed E-state index contributed by atoms with van der Waals surface area (Å²) < 4.78 is 6.57. The van der Waals surface area contributed by atoms with Crippen LogP contribution in [-0.4, -0.2) is 19.2 Å². The van der Waals surface area contributed by atoms with Crippen LogP contribution < -0.4 is 5.32 Å². The van der Waals surface area contributed by atoms with Gasteiger partial charge in [-0.2, -0.15) is 0 Å². The van der Waals surface area contributed by atoms with Crippen LogP contribution in [0.4, 0.5) is 0 Å². The number of rotatable bonds is 7. The molecule has 0 radical (unpaired) electrons. The molecule has 0 saturated heterocycles. The largest absolute Gasteiger partial charge is 0.375 e. The summed E-state index contributed by atoms with van der Waals surface area (Å²) in [5.41, 5.74) is 1.21. The second-order valence-corrected chi connectivity index (χ2v) is 4.92. The molecule has 0 spiro atoms. The lowest BCUT2D eigenvalue weighted by Gasteiger charge is -2.13. The first-order chi connectivity index (χ1) is 7.68. The number of hydrogen-bond acceptors (Lipinski definition) is 2. The fourth-order valence-electron chi connectivity index (χ4n) is 1.27. The molecule has 2 nitrogen and oxygen atoms in total. The SMILES string of the molecule is C=C(Br)CN[C@H](C)COCc1ccccc1. The van der Waals surface area contributed by atoms with Crippen molar-refractivity contribution < 1.29 is 4.74 Å². The van der Waals surface area contributed by atoms with Crippen molar-refractivity contribution in [1.29, 1.82) is 0 Å². The Bertz CT molecular complexity index is 313. The van der Waals surface area contributed by atoms with Crippen molar-refractivity contribution in [1.82, 2.24) is 5.32 Å². The lowest BCUT2D eigenvalue weighted by Crippen LogP contribution is -2.31. The van der Waals surface area contributed by atoms with Crippen molar-refractivity contribution in [2.75, 3.05) is 13.2 Å². The third kappa shape index (κ3) is 6.05. The maximum absolute atomic E-state index is 5.61. The predicted octanol–water partition coefficient (Wildman–Crippen LogP) is 3.09.